The monoisotopic (exact) mass is 311 g/mol. The van der Waals surface area contributed by atoms with E-state index in [9.17, 15) is 8.42 Å². The highest BCUT2D eigenvalue weighted by molar-refractivity contribution is 7.89. The van der Waals surface area contributed by atoms with Gasteiger partial charge in [-0.3, -0.25) is 0 Å². The Kier molecular flexibility index (Phi) is 5.61. The van der Waals surface area contributed by atoms with Gasteiger partial charge in [-0.15, -0.1) is 0 Å². The molecule has 1 aromatic rings. The highest BCUT2D eigenvalue weighted by atomic mass is 32.2. The van der Waals surface area contributed by atoms with Crippen LogP contribution >= 0.6 is 0 Å². The topological polar surface area (TPSA) is 52.7 Å². The van der Waals surface area contributed by atoms with Crippen LogP contribution in [0.5, 0.6) is 0 Å². The molecule has 6 heteroatoms. The number of sulfonamides is 1. The van der Waals surface area contributed by atoms with E-state index in [0.29, 0.717) is 18.0 Å². The first-order chi connectivity index (χ1) is 10.0. The molecule has 0 aliphatic carbocycles. The fourth-order valence-corrected chi connectivity index (χ4v) is 3.90. The van der Waals surface area contributed by atoms with Crippen molar-refractivity contribution in [2.45, 2.75) is 24.7 Å². The highest BCUT2D eigenvalue weighted by Crippen LogP contribution is 2.19. The van der Waals surface area contributed by atoms with Gasteiger partial charge in [0.15, 0.2) is 0 Å². The smallest absolute Gasteiger partial charge is 0.243 e. The normalized spacial score (nSPS) is 18.4. The van der Waals surface area contributed by atoms with Crippen LogP contribution in [0.4, 0.5) is 5.69 Å². The molecule has 0 unspecified atom stereocenters. The molecule has 5 nitrogen and oxygen atoms in total. The van der Waals surface area contributed by atoms with Crippen LogP contribution in [0.2, 0.25) is 0 Å². The Bertz CT molecular complexity index is 543. The maximum Gasteiger partial charge on any atom is 0.243 e. The van der Waals surface area contributed by atoms with Crippen molar-refractivity contribution in [2.75, 3.05) is 45.1 Å². The minimum Gasteiger partial charge on any atom is -0.385 e. The van der Waals surface area contributed by atoms with E-state index in [1.807, 2.05) is 19.2 Å². The lowest BCUT2D eigenvalue weighted by Gasteiger charge is -2.20. The molecule has 1 fully saturated rings. The van der Waals surface area contributed by atoms with E-state index < -0.39 is 10.0 Å². The third-order valence-corrected chi connectivity index (χ3v) is 5.66. The fraction of sp³-hybridized carbons (Fsp3) is 0.600. The van der Waals surface area contributed by atoms with Gasteiger partial charge in [-0.05, 0) is 50.7 Å². The van der Waals surface area contributed by atoms with E-state index >= 15 is 0 Å². The molecule has 1 saturated heterocycles. The maximum absolute atomic E-state index is 12.7. The van der Waals surface area contributed by atoms with E-state index in [1.54, 1.807) is 16.4 Å². The number of hydrogen-bond donors (Lipinski definition) is 1. The van der Waals surface area contributed by atoms with Gasteiger partial charge in [-0.25, -0.2) is 8.42 Å². The Morgan fingerprint density at radius 1 is 1.10 bits per heavy atom. The first-order valence-corrected chi connectivity index (χ1v) is 9.00. The van der Waals surface area contributed by atoms with Gasteiger partial charge in [0, 0.05) is 31.9 Å². The quantitative estimate of drug-likeness (QED) is 0.901. The van der Waals surface area contributed by atoms with Gasteiger partial charge in [-0.1, -0.05) is 6.92 Å². The zero-order valence-corrected chi connectivity index (χ0v) is 13.7. The van der Waals surface area contributed by atoms with Crippen LogP contribution in [0.25, 0.3) is 0 Å². The van der Waals surface area contributed by atoms with Crippen LogP contribution in [0.3, 0.4) is 0 Å². The lowest BCUT2D eigenvalue weighted by Crippen LogP contribution is -2.34. The molecular weight excluding hydrogens is 286 g/mol. The summed E-state index contributed by atoms with van der Waals surface area (Å²) >= 11 is 0. The van der Waals surface area contributed by atoms with E-state index in [4.69, 9.17) is 0 Å². The van der Waals surface area contributed by atoms with E-state index in [0.717, 1.165) is 38.2 Å². The molecule has 0 atom stereocenters. The summed E-state index contributed by atoms with van der Waals surface area (Å²) in [4.78, 5) is 2.56. The molecule has 2 rings (SSSR count). The third kappa shape index (κ3) is 4.18. The Labute approximate surface area is 128 Å². The van der Waals surface area contributed by atoms with Crippen LogP contribution in [-0.2, 0) is 10.0 Å². The minimum atomic E-state index is -3.37. The SMILES string of the molecule is CCCNc1ccc(S(=O)(=O)N2CCCN(C)CC2)cc1. The number of benzene rings is 1. The molecule has 1 N–H and O–H groups in total. The maximum atomic E-state index is 12.7. The van der Waals surface area contributed by atoms with Crippen molar-refractivity contribution in [3.8, 4) is 0 Å². The average Bonchev–Trinajstić information content (AvgIpc) is 2.70. The molecule has 0 saturated carbocycles. The molecule has 21 heavy (non-hydrogen) atoms. The molecule has 0 bridgehead atoms. The van der Waals surface area contributed by atoms with Crippen LogP contribution in [0, 0.1) is 0 Å². The molecule has 0 spiro atoms. The van der Waals surface area contributed by atoms with Crippen LogP contribution in [-0.4, -0.2) is 57.4 Å². The van der Waals surface area contributed by atoms with Crippen molar-refractivity contribution in [2.24, 2.45) is 0 Å². The van der Waals surface area contributed by atoms with Gasteiger partial charge in [-0.2, -0.15) is 4.31 Å². The molecule has 1 aliphatic rings. The molecule has 1 aromatic carbocycles. The lowest BCUT2D eigenvalue weighted by molar-refractivity contribution is 0.347. The zero-order valence-electron chi connectivity index (χ0n) is 12.9. The number of rotatable bonds is 5. The Hall–Kier alpha value is -1.11. The summed E-state index contributed by atoms with van der Waals surface area (Å²) in [6.07, 6.45) is 1.92. The third-order valence-electron chi connectivity index (χ3n) is 3.75. The van der Waals surface area contributed by atoms with E-state index in [2.05, 4.69) is 17.1 Å². The molecule has 0 radical (unpaired) electrons. The van der Waals surface area contributed by atoms with Crippen molar-refractivity contribution in [1.29, 1.82) is 0 Å². The zero-order chi connectivity index (χ0) is 15.3. The number of nitrogens with one attached hydrogen (secondary N) is 1. The van der Waals surface area contributed by atoms with E-state index in [1.165, 1.54) is 0 Å². The number of nitrogens with zero attached hydrogens (tertiary/aromatic N) is 2. The first kappa shape index (κ1) is 16.3. The summed E-state index contributed by atoms with van der Waals surface area (Å²) in [5.74, 6) is 0. The van der Waals surface area contributed by atoms with Crippen LogP contribution < -0.4 is 5.32 Å². The summed E-state index contributed by atoms with van der Waals surface area (Å²) in [6, 6.07) is 7.07. The average molecular weight is 311 g/mol. The van der Waals surface area contributed by atoms with Gasteiger partial charge < -0.3 is 10.2 Å². The Morgan fingerprint density at radius 2 is 1.81 bits per heavy atom. The van der Waals surface area contributed by atoms with Crippen molar-refractivity contribution < 1.29 is 8.42 Å². The molecular formula is C15H25N3O2S. The summed E-state index contributed by atoms with van der Waals surface area (Å²) in [7, 11) is -1.34. The number of hydrogen-bond acceptors (Lipinski definition) is 4. The van der Waals surface area contributed by atoms with Crippen molar-refractivity contribution in [1.82, 2.24) is 9.21 Å². The first-order valence-electron chi connectivity index (χ1n) is 7.56. The second-order valence-corrected chi connectivity index (χ2v) is 7.45. The summed E-state index contributed by atoms with van der Waals surface area (Å²) in [6.45, 7) is 5.89. The molecule has 1 aliphatic heterocycles. The second kappa shape index (κ2) is 7.24. The fourth-order valence-electron chi connectivity index (χ4n) is 2.43. The van der Waals surface area contributed by atoms with Crippen molar-refractivity contribution in [3.63, 3.8) is 0 Å². The lowest BCUT2D eigenvalue weighted by atomic mass is 10.3. The summed E-state index contributed by atoms with van der Waals surface area (Å²) in [5, 5.41) is 3.25. The molecule has 1 heterocycles. The second-order valence-electron chi connectivity index (χ2n) is 5.51. The predicted octanol–water partition coefficient (Wildman–Crippen LogP) is 1.83. The standard InChI is InChI=1S/C15H25N3O2S/c1-3-9-16-14-5-7-15(8-6-14)21(19,20)18-11-4-10-17(2)12-13-18/h5-8,16H,3-4,9-13H2,1-2H3. The Morgan fingerprint density at radius 3 is 2.48 bits per heavy atom. The molecule has 0 aromatic heterocycles. The van der Waals surface area contributed by atoms with Gasteiger partial charge >= 0.3 is 0 Å². The van der Waals surface area contributed by atoms with Crippen LogP contribution in [0.1, 0.15) is 19.8 Å². The Balaban J connectivity index is 2.11. The predicted molar refractivity (Wildman–Crippen MR) is 86.1 cm³/mol. The summed E-state index contributed by atoms with van der Waals surface area (Å²) in [5.41, 5.74) is 0.964. The number of anilines is 1. The van der Waals surface area contributed by atoms with Gasteiger partial charge in [0.2, 0.25) is 10.0 Å². The summed E-state index contributed by atoms with van der Waals surface area (Å²) < 4.78 is 26.9. The van der Waals surface area contributed by atoms with Crippen LogP contribution in [0.15, 0.2) is 29.2 Å². The van der Waals surface area contributed by atoms with E-state index in [-0.39, 0.29) is 0 Å². The highest BCUT2D eigenvalue weighted by Gasteiger charge is 2.25. The largest absolute Gasteiger partial charge is 0.385 e. The van der Waals surface area contributed by atoms with Gasteiger partial charge in [0.25, 0.3) is 0 Å². The molecule has 118 valence electrons. The minimum absolute atomic E-state index is 0.383. The van der Waals surface area contributed by atoms with Crippen molar-refractivity contribution >= 4 is 15.7 Å². The van der Waals surface area contributed by atoms with Crippen molar-refractivity contribution in [3.05, 3.63) is 24.3 Å². The van der Waals surface area contributed by atoms with Gasteiger partial charge in [0.1, 0.15) is 0 Å². The van der Waals surface area contributed by atoms with Gasteiger partial charge in [0.05, 0.1) is 4.90 Å². The number of likely N-dealkylation sites (N-methyl/N-ethyl adjacent to an activating group) is 1. The molecule has 0 amide bonds.